The average Bonchev–Trinajstić information content (AvgIpc) is 3.37. The Morgan fingerprint density at radius 2 is 1.96 bits per heavy atom. The number of rotatable bonds is 7. The molecule has 0 bridgehead atoms. The van der Waals surface area contributed by atoms with Gasteiger partial charge in [-0.2, -0.15) is 10.4 Å². The maximum absolute atomic E-state index is 9.38. The molecule has 0 fully saturated rings. The predicted octanol–water partition coefficient (Wildman–Crippen LogP) is 5.44. The largest absolute Gasteiger partial charge is 0.272 e. The molecule has 0 unspecified atom stereocenters. The molecule has 1 aliphatic rings. The standard InChI is InChI=1S/C25H25N3/c1-2-3-12-28-18-20(17-27-28)9-8-19-10-11-21-14-24(15-23(21)13-19)25-7-5-4-6-22(25)16-26/h4-7,10-11,13,15,17-18H,2-3,8-9,12,14H2,1H3. The first kappa shape index (κ1) is 18.3. The Kier molecular flexibility index (Phi) is 5.39. The van der Waals surface area contributed by atoms with Crippen LogP contribution in [0.4, 0.5) is 0 Å². The van der Waals surface area contributed by atoms with Gasteiger partial charge in [0.2, 0.25) is 0 Å². The topological polar surface area (TPSA) is 41.6 Å². The quantitative estimate of drug-likeness (QED) is 0.558. The van der Waals surface area contributed by atoms with Crippen molar-refractivity contribution in [1.82, 2.24) is 9.78 Å². The lowest BCUT2D eigenvalue weighted by Gasteiger charge is -2.05. The Morgan fingerprint density at radius 1 is 1.11 bits per heavy atom. The lowest BCUT2D eigenvalue weighted by atomic mass is 9.98. The van der Waals surface area contributed by atoms with Crippen molar-refractivity contribution in [3.05, 3.63) is 88.2 Å². The summed E-state index contributed by atoms with van der Waals surface area (Å²) in [5.74, 6) is 0. The summed E-state index contributed by atoms with van der Waals surface area (Å²) in [6, 6.07) is 17.0. The van der Waals surface area contributed by atoms with Crippen LogP contribution in [0, 0.1) is 11.3 Å². The fourth-order valence-electron chi connectivity index (χ4n) is 3.84. The number of aromatic nitrogens is 2. The van der Waals surface area contributed by atoms with E-state index in [0.717, 1.165) is 36.9 Å². The molecule has 140 valence electrons. The van der Waals surface area contributed by atoms with Crippen LogP contribution in [-0.4, -0.2) is 9.78 Å². The van der Waals surface area contributed by atoms with Crippen LogP contribution >= 0.6 is 0 Å². The Balaban J connectivity index is 1.46. The highest BCUT2D eigenvalue weighted by Gasteiger charge is 2.16. The number of nitriles is 1. The molecule has 0 saturated heterocycles. The lowest BCUT2D eigenvalue weighted by molar-refractivity contribution is 0.571. The predicted molar refractivity (Wildman–Crippen MR) is 114 cm³/mol. The Bertz CT molecular complexity index is 1050. The van der Waals surface area contributed by atoms with E-state index in [1.807, 2.05) is 30.5 Å². The smallest absolute Gasteiger partial charge is 0.0998 e. The molecule has 3 heteroatoms. The van der Waals surface area contributed by atoms with E-state index >= 15 is 0 Å². The van der Waals surface area contributed by atoms with E-state index in [2.05, 4.69) is 53.2 Å². The first-order valence-corrected chi connectivity index (χ1v) is 10.1. The average molecular weight is 367 g/mol. The fourth-order valence-corrected chi connectivity index (χ4v) is 3.84. The van der Waals surface area contributed by atoms with Crippen molar-refractivity contribution in [3.63, 3.8) is 0 Å². The molecule has 4 rings (SSSR count). The normalized spacial score (nSPS) is 12.5. The first-order chi connectivity index (χ1) is 13.8. The van der Waals surface area contributed by atoms with Crippen LogP contribution in [0.25, 0.3) is 11.6 Å². The highest BCUT2D eigenvalue weighted by Crippen LogP contribution is 2.33. The number of hydrogen-bond acceptors (Lipinski definition) is 2. The number of hydrogen-bond donors (Lipinski definition) is 0. The minimum Gasteiger partial charge on any atom is -0.272 e. The highest BCUT2D eigenvalue weighted by molar-refractivity contribution is 5.90. The molecule has 3 nitrogen and oxygen atoms in total. The number of nitrogens with zero attached hydrogens (tertiary/aromatic N) is 3. The van der Waals surface area contributed by atoms with Crippen LogP contribution in [0.15, 0.2) is 54.9 Å². The SMILES string of the molecule is CCCCn1cc(CCc2ccc3c(c2)C=C(c2ccccc2C#N)C3)cn1. The molecule has 1 aliphatic carbocycles. The third-order valence-corrected chi connectivity index (χ3v) is 5.44. The molecule has 0 saturated carbocycles. The van der Waals surface area contributed by atoms with Gasteiger partial charge in [0.05, 0.1) is 17.8 Å². The molecule has 3 aromatic rings. The molecule has 0 N–H and O–H groups in total. The monoisotopic (exact) mass is 367 g/mol. The molecule has 0 amide bonds. The highest BCUT2D eigenvalue weighted by atomic mass is 15.3. The maximum Gasteiger partial charge on any atom is 0.0998 e. The van der Waals surface area contributed by atoms with Crippen LogP contribution in [0.2, 0.25) is 0 Å². The van der Waals surface area contributed by atoms with E-state index in [4.69, 9.17) is 0 Å². The van der Waals surface area contributed by atoms with Gasteiger partial charge in [0.25, 0.3) is 0 Å². The van der Waals surface area contributed by atoms with Crippen molar-refractivity contribution in [3.8, 4) is 6.07 Å². The van der Waals surface area contributed by atoms with E-state index < -0.39 is 0 Å². The molecule has 0 atom stereocenters. The number of allylic oxidation sites excluding steroid dienone is 1. The second-order valence-corrected chi connectivity index (χ2v) is 7.50. The van der Waals surface area contributed by atoms with Crippen molar-refractivity contribution in [2.24, 2.45) is 0 Å². The zero-order valence-electron chi connectivity index (χ0n) is 16.4. The van der Waals surface area contributed by atoms with Gasteiger partial charge in [-0.05, 0) is 65.1 Å². The molecule has 0 spiro atoms. The number of aryl methyl sites for hydroxylation is 3. The van der Waals surface area contributed by atoms with E-state index in [1.54, 1.807) is 0 Å². The third kappa shape index (κ3) is 3.92. The molecule has 1 heterocycles. The second kappa shape index (κ2) is 8.27. The first-order valence-electron chi connectivity index (χ1n) is 10.1. The van der Waals surface area contributed by atoms with Gasteiger partial charge in [0.1, 0.15) is 0 Å². The van der Waals surface area contributed by atoms with E-state index in [-0.39, 0.29) is 0 Å². The Hall–Kier alpha value is -3.12. The summed E-state index contributed by atoms with van der Waals surface area (Å²) in [6.45, 7) is 3.21. The zero-order valence-corrected chi connectivity index (χ0v) is 16.4. The Labute approximate surface area is 166 Å². The minimum atomic E-state index is 0.752. The van der Waals surface area contributed by atoms with Crippen molar-refractivity contribution >= 4 is 11.6 Å². The number of benzene rings is 2. The number of unbranched alkanes of at least 4 members (excludes halogenated alkanes) is 1. The molecular formula is C25H25N3. The summed E-state index contributed by atoms with van der Waals surface area (Å²) in [5, 5.41) is 13.8. The molecular weight excluding hydrogens is 342 g/mol. The van der Waals surface area contributed by atoms with Gasteiger partial charge < -0.3 is 0 Å². The van der Waals surface area contributed by atoms with Crippen LogP contribution < -0.4 is 0 Å². The van der Waals surface area contributed by atoms with Crippen LogP contribution in [-0.2, 0) is 25.8 Å². The van der Waals surface area contributed by atoms with Gasteiger partial charge in [-0.15, -0.1) is 0 Å². The third-order valence-electron chi connectivity index (χ3n) is 5.44. The number of fused-ring (bicyclic) bond motifs is 1. The molecule has 2 aromatic carbocycles. The maximum atomic E-state index is 9.38. The second-order valence-electron chi connectivity index (χ2n) is 7.50. The summed E-state index contributed by atoms with van der Waals surface area (Å²) >= 11 is 0. The van der Waals surface area contributed by atoms with Gasteiger partial charge in [0, 0.05) is 12.7 Å². The van der Waals surface area contributed by atoms with Gasteiger partial charge >= 0.3 is 0 Å². The van der Waals surface area contributed by atoms with E-state index in [0.29, 0.717) is 0 Å². The summed E-state index contributed by atoms with van der Waals surface area (Å²) < 4.78 is 2.06. The summed E-state index contributed by atoms with van der Waals surface area (Å²) in [7, 11) is 0. The summed E-state index contributed by atoms with van der Waals surface area (Å²) in [5.41, 5.74) is 8.34. The fraction of sp³-hybridized carbons (Fsp3) is 0.280. The van der Waals surface area contributed by atoms with Crippen molar-refractivity contribution in [2.45, 2.75) is 45.6 Å². The minimum absolute atomic E-state index is 0.752. The molecule has 1 aromatic heterocycles. The van der Waals surface area contributed by atoms with Crippen molar-refractivity contribution in [2.75, 3.05) is 0 Å². The van der Waals surface area contributed by atoms with Crippen molar-refractivity contribution < 1.29 is 0 Å². The summed E-state index contributed by atoms with van der Waals surface area (Å²) in [6.07, 6.45) is 11.7. The van der Waals surface area contributed by atoms with Gasteiger partial charge in [-0.25, -0.2) is 0 Å². The summed E-state index contributed by atoms with van der Waals surface area (Å²) in [4.78, 5) is 0. The zero-order chi connectivity index (χ0) is 19.3. The van der Waals surface area contributed by atoms with Crippen molar-refractivity contribution in [1.29, 1.82) is 5.26 Å². The van der Waals surface area contributed by atoms with Gasteiger partial charge in [-0.1, -0.05) is 55.8 Å². The lowest BCUT2D eigenvalue weighted by Crippen LogP contribution is -1.97. The van der Waals surface area contributed by atoms with Gasteiger partial charge in [-0.3, -0.25) is 4.68 Å². The van der Waals surface area contributed by atoms with Crippen LogP contribution in [0.3, 0.4) is 0 Å². The van der Waals surface area contributed by atoms with Gasteiger partial charge in [0.15, 0.2) is 0 Å². The van der Waals surface area contributed by atoms with E-state index in [1.165, 1.54) is 40.7 Å². The molecule has 0 radical (unpaired) electrons. The van der Waals surface area contributed by atoms with Crippen LogP contribution in [0.5, 0.6) is 0 Å². The molecule has 0 aliphatic heterocycles. The van der Waals surface area contributed by atoms with E-state index in [9.17, 15) is 5.26 Å². The van der Waals surface area contributed by atoms with Crippen LogP contribution in [0.1, 0.15) is 53.1 Å². The molecule has 28 heavy (non-hydrogen) atoms. The Morgan fingerprint density at radius 3 is 2.82 bits per heavy atom.